The Bertz CT molecular complexity index is 1480. The van der Waals surface area contributed by atoms with Crippen LogP contribution >= 0.6 is 11.6 Å². The first kappa shape index (κ1) is 25.8. The number of benzene rings is 3. The highest BCUT2D eigenvalue weighted by Gasteiger charge is 2.17. The second kappa shape index (κ2) is 11.6. The molecule has 0 atom stereocenters. The lowest BCUT2D eigenvalue weighted by Crippen LogP contribution is -2.07. The highest BCUT2D eigenvalue weighted by atomic mass is 35.5. The Labute approximate surface area is 219 Å². The number of carbonyl (C=O) groups is 1. The number of fused-ring (bicyclic) bond motifs is 1. The van der Waals surface area contributed by atoms with Crippen LogP contribution in [0.3, 0.4) is 0 Å². The Morgan fingerprint density at radius 1 is 1.05 bits per heavy atom. The zero-order valence-electron chi connectivity index (χ0n) is 20.9. The van der Waals surface area contributed by atoms with Crippen molar-refractivity contribution < 1.29 is 23.8 Å². The lowest BCUT2D eigenvalue weighted by Gasteiger charge is -2.11. The molecule has 4 rings (SSSR count). The van der Waals surface area contributed by atoms with Gasteiger partial charge in [-0.05, 0) is 48.9 Å². The fourth-order valence-corrected chi connectivity index (χ4v) is 3.93. The van der Waals surface area contributed by atoms with Crippen molar-refractivity contribution in [2.75, 3.05) is 14.2 Å². The third kappa shape index (κ3) is 5.92. The molecular formula is C28H26ClN3O5. The second-order valence-corrected chi connectivity index (χ2v) is 8.51. The van der Waals surface area contributed by atoms with E-state index in [1.54, 1.807) is 22.9 Å². The summed E-state index contributed by atoms with van der Waals surface area (Å²) < 4.78 is 17.7. The molecular weight excluding hydrogens is 494 g/mol. The van der Waals surface area contributed by atoms with Gasteiger partial charge in [0, 0.05) is 29.1 Å². The van der Waals surface area contributed by atoms with Crippen LogP contribution in [0.4, 0.5) is 0 Å². The Morgan fingerprint density at radius 2 is 1.78 bits per heavy atom. The van der Waals surface area contributed by atoms with E-state index in [1.165, 1.54) is 20.5 Å². The van der Waals surface area contributed by atoms with Gasteiger partial charge in [-0.15, -0.1) is 0 Å². The van der Waals surface area contributed by atoms with E-state index in [-0.39, 0.29) is 12.2 Å². The summed E-state index contributed by atoms with van der Waals surface area (Å²) in [5, 5.41) is 10.5. The highest BCUT2D eigenvalue weighted by molar-refractivity contribution is 6.30. The van der Waals surface area contributed by atoms with Gasteiger partial charge in [0.05, 0.1) is 26.0 Å². The van der Waals surface area contributed by atoms with Crippen LogP contribution in [-0.2, 0) is 32.8 Å². The maximum Gasteiger partial charge on any atom is 0.341 e. The summed E-state index contributed by atoms with van der Waals surface area (Å²) in [6.07, 6.45) is 1.35. The molecule has 3 aromatic carbocycles. The van der Waals surface area contributed by atoms with E-state index >= 15 is 0 Å². The molecule has 190 valence electrons. The lowest BCUT2D eigenvalue weighted by atomic mass is 10.0. The molecule has 0 amide bonds. The van der Waals surface area contributed by atoms with Crippen LogP contribution in [0, 0.1) is 0 Å². The fourth-order valence-electron chi connectivity index (χ4n) is 3.81. The van der Waals surface area contributed by atoms with Crippen molar-refractivity contribution in [1.82, 2.24) is 9.78 Å². The molecule has 9 heteroatoms. The normalized spacial score (nSPS) is 11.9. The number of methoxy groups -OCH3 is 2. The van der Waals surface area contributed by atoms with Gasteiger partial charge >= 0.3 is 5.97 Å². The summed E-state index contributed by atoms with van der Waals surface area (Å²) in [7, 11) is 4.65. The maximum atomic E-state index is 12.2. The van der Waals surface area contributed by atoms with E-state index < -0.39 is 5.97 Å². The fraction of sp³-hybridized carbons (Fsp3) is 0.179. The van der Waals surface area contributed by atoms with E-state index in [0.717, 1.165) is 16.5 Å². The number of carbonyl (C=O) groups excluding carboxylic acids is 1. The van der Waals surface area contributed by atoms with E-state index in [2.05, 4.69) is 10.3 Å². The molecule has 4 aromatic rings. The first-order valence-corrected chi connectivity index (χ1v) is 11.8. The van der Waals surface area contributed by atoms with Gasteiger partial charge in [-0.1, -0.05) is 41.0 Å². The van der Waals surface area contributed by atoms with Crippen LogP contribution in [0.15, 0.2) is 78.1 Å². The highest BCUT2D eigenvalue weighted by Crippen LogP contribution is 2.28. The van der Waals surface area contributed by atoms with Gasteiger partial charge in [-0.2, -0.15) is 5.10 Å². The Hall–Kier alpha value is -4.30. The zero-order chi connectivity index (χ0) is 26.4. The number of hydrogen-bond acceptors (Lipinski definition) is 7. The molecule has 0 bridgehead atoms. The quantitative estimate of drug-likeness (QED) is 0.0870. The van der Waals surface area contributed by atoms with Crippen molar-refractivity contribution in [2.24, 2.45) is 12.2 Å². The monoisotopic (exact) mass is 519 g/mol. The molecule has 37 heavy (non-hydrogen) atoms. The molecule has 1 aromatic heterocycles. The van der Waals surface area contributed by atoms with Crippen molar-refractivity contribution in [3.8, 4) is 11.5 Å². The summed E-state index contributed by atoms with van der Waals surface area (Å²) in [6.45, 7) is 1.96. The van der Waals surface area contributed by atoms with Gasteiger partial charge in [-0.25, -0.2) is 4.79 Å². The molecule has 0 spiro atoms. The largest absolute Gasteiger partial charge is 0.503 e. The summed E-state index contributed by atoms with van der Waals surface area (Å²) in [5.41, 5.74) is 3.86. The summed E-state index contributed by atoms with van der Waals surface area (Å²) in [5.74, 6) is 0.860. The third-order valence-corrected chi connectivity index (χ3v) is 5.84. The minimum atomic E-state index is -0.506. The summed E-state index contributed by atoms with van der Waals surface area (Å²) >= 11 is 5.96. The van der Waals surface area contributed by atoms with Gasteiger partial charge in [0.1, 0.15) is 35.1 Å². The van der Waals surface area contributed by atoms with E-state index in [1.807, 2.05) is 62.5 Å². The number of halogens is 1. The predicted octanol–water partition coefficient (Wildman–Crippen LogP) is 6.12. The van der Waals surface area contributed by atoms with Gasteiger partial charge in [0.25, 0.3) is 0 Å². The minimum absolute atomic E-state index is 0.134. The molecule has 0 unspecified atom stereocenters. The van der Waals surface area contributed by atoms with Crippen LogP contribution in [-0.4, -0.2) is 35.7 Å². The molecule has 0 aliphatic heterocycles. The average Bonchev–Trinajstić information content (AvgIpc) is 3.24. The van der Waals surface area contributed by atoms with Crippen LogP contribution in [0.25, 0.3) is 16.5 Å². The van der Waals surface area contributed by atoms with Crippen LogP contribution in [0.1, 0.15) is 23.7 Å². The molecule has 0 fully saturated rings. The lowest BCUT2D eigenvalue weighted by molar-refractivity contribution is -0.133. The molecule has 0 saturated heterocycles. The average molecular weight is 520 g/mol. The number of aromatic nitrogens is 2. The SMILES string of the molecule is CO/C=C(\C(=O)OC)c1ccccc1CO/N=C(/C)c1nn(C)c2cc(Oc3ccc(Cl)cc3)ccc12. The van der Waals surface area contributed by atoms with Gasteiger partial charge in [0.15, 0.2) is 0 Å². The Kier molecular flexibility index (Phi) is 8.10. The number of oxime groups is 1. The first-order valence-electron chi connectivity index (χ1n) is 11.4. The number of esters is 1. The number of ether oxygens (including phenoxy) is 3. The zero-order valence-corrected chi connectivity index (χ0v) is 21.7. The smallest absolute Gasteiger partial charge is 0.341 e. The summed E-state index contributed by atoms with van der Waals surface area (Å²) in [4.78, 5) is 17.9. The number of rotatable bonds is 9. The first-order chi connectivity index (χ1) is 17.9. The number of hydrogen-bond donors (Lipinski definition) is 0. The van der Waals surface area contributed by atoms with Gasteiger partial charge < -0.3 is 19.0 Å². The van der Waals surface area contributed by atoms with Crippen LogP contribution < -0.4 is 4.74 Å². The third-order valence-electron chi connectivity index (χ3n) is 5.59. The van der Waals surface area contributed by atoms with Crippen molar-refractivity contribution in [3.63, 3.8) is 0 Å². The Morgan fingerprint density at radius 3 is 2.51 bits per heavy atom. The predicted molar refractivity (Wildman–Crippen MR) is 143 cm³/mol. The van der Waals surface area contributed by atoms with Crippen molar-refractivity contribution in [2.45, 2.75) is 13.5 Å². The van der Waals surface area contributed by atoms with Gasteiger partial charge in [-0.3, -0.25) is 4.68 Å². The van der Waals surface area contributed by atoms with E-state index in [9.17, 15) is 4.79 Å². The molecule has 0 aliphatic rings. The second-order valence-electron chi connectivity index (χ2n) is 8.07. The molecule has 0 saturated carbocycles. The molecule has 0 radical (unpaired) electrons. The minimum Gasteiger partial charge on any atom is -0.503 e. The molecule has 0 aliphatic carbocycles. The molecule has 8 nitrogen and oxygen atoms in total. The van der Waals surface area contributed by atoms with Crippen molar-refractivity contribution in [1.29, 1.82) is 0 Å². The summed E-state index contributed by atoms with van der Waals surface area (Å²) in [6, 6.07) is 20.2. The maximum absolute atomic E-state index is 12.2. The van der Waals surface area contributed by atoms with Gasteiger partial charge in [0.2, 0.25) is 0 Å². The standard InChI is InChI=1S/C28H26ClN3O5/c1-18(31-36-16-19-7-5-6-8-23(19)25(17-34-3)28(33)35-4)27-24-14-13-22(15-26(24)32(2)30-27)37-21-11-9-20(29)10-12-21/h5-15,17H,16H2,1-4H3/b25-17-,31-18-. The number of nitrogens with zero attached hydrogens (tertiary/aromatic N) is 3. The van der Waals surface area contributed by atoms with E-state index in [0.29, 0.717) is 33.5 Å². The Balaban J connectivity index is 1.53. The number of aryl methyl sites for hydroxylation is 1. The topological polar surface area (TPSA) is 84.2 Å². The van der Waals surface area contributed by atoms with Crippen molar-refractivity contribution in [3.05, 3.63) is 94.8 Å². The molecule has 0 N–H and O–H groups in total. The van der Waals surface area contributed by atoms with Crippen LogP contribution in [0.5, 0.6) is 11.5 Å². The van der Waals surface area contributed by atoms with Crippen molar-refractivity contribution >= 4 is 39.8 Å². The van der Waals surface area contributed by atoms with E-state index in [4.69, 9.17) is 30.6 Å². The van der Waals surface area contributed by atoms with Crippen LogP contribution in [0.2, 0.25) is 5.02 Å². The molecule has 1 heterocycles.